The van der Waals surface area contributed by atoms with Crippen LogP contribution in [-0.2, 0) is 4.79 Å². The van der Waals surface area contributed by atoms with Crippen LogP contribution in [0.1, 0.15) is 37.0 Å². The summed E-state index contributed by atoms with van der Waals surface area (Å²) >= 11 is 0. The average molecular weight is 383 g/mol. The van der Waals surface area contributed by atoms with Gasteiger partial charge in [0.15, 0.2) is 5.96 Å². The number of aliphatic imine (C=N–C) groups is 1. The number of nitrogens with zero attached hydrogens (tertiary/aromatic N) is 2. The number of aliphatic hydroxyl groups is 1. The molecule has 1 amide bonds. The van der Waals surface area contributed by atoms with E-state index in [0.29, 0.717) is 44.3 Å². The molecule has 0 aliphatic heterocycles. The Morgan fingerprint density at radius 3 is 2.64 bits per heavy atom. The highest BCUT2D eigenvalue weighted by Crippen LogP contribution is 2.15. The van der Waals surface area contributed by atoms with Crippen LogP contribution in [0.15, 0.2) is 53.7 Å². The van der Waals surface area contributed by atoms with Crippen LogP contribution in [0.25, 0.3) is 0 Å². The molecule has 7 nitrogen and oxygen atoms in total. The predicted octanol–water partition coefficient (Wildman–Crippen LogP) is 2.40. The van der Waals surface area contributed by atoms with E-state index in [4.69, 9.17) is 0 Å². The Bertz CT molecular complexity index is 747. The van der Waals surface area contributed by atoms with Gasteiger partial charge < -0.3 is 21.1 Å². The first-order valence-corrected chi connectivity index (χ1v) is 9.56. The molecular formula is C21H29N5O2. The number of hydrogen-bond acceptors (Lipinski definition) is 4. The molecule has 1 aromatic carbocycles. The first kappa shape index (κ1) is 21.4. The third kappa shape index (κ3) is 7.75. The normalized spacial score (nSPS) is 12.3. The number of guanidine groups is 1. The Hall–Kier alpha value is -2.93. The summed E-state index contributed by atoms with van der Waals surface area (Å²) in [7, 11) is 0. The van der Waals surface area contributed by atoms with Gasteiger partial charge in [-0.2, -0.15) is 0 Å². The molecule has 7 heteroatoms. The number of anilines is 1. The number of aromatic nitrogens is 1. The molecule has 28 heavy (non-hydrogen) atoms. The highest BCUT2D eigenvalue weighted by atomic mass is 16.3. The second-order valence-electron chi connectivity index (χ2n) is 6.42. The first-order chi connectivity index (χ1) is 13.6. The molecular weight excluding hydrogens is 354 g/mol. The molecule has 2 rings (SSSR count). The molecule has 1 unspecified atom stereocenters. The lowest BCUT2D eigenvalue weighted by atomic mass is 10.1. The second-order valence-corrected chi connectivity index (χ2v) is 6.42. The lowest BCUT2D eigenvalue weighted by molar-refractivity contribution is -0.116. The lowest BCUT2D eigenvalue weighted by Gasteiger charge is -2.13. The summed E-state index contributed by atoms with van der Waals surface area (Å²) in [5.74, 6) is 1.06. The van der Waals surface area contributed by atoms with E-state index < -0.39 is 6.10 Å². The van der Waals surface area contributed by atoms with Gasteiger partial charge in [0.05, 0.1) is 6.10 Å². The van der Waals surface area contributed by atoms with Crippen molar-refractivity contribution in [2.24, 2.45) is 4.99 Å². The molecule has 4 N–H and O–H groups in total. The molecule has 0 aliphatic carbocycles. The first-order valence-electron chi connectivity index (χ1n) is 9.56. The Kier molecular flexibility index (Phi) is 8.94. The van der Waals surface area contributed by atoms with Crippen LogP contribution in [0.5, 0.6) is 0 Å². The lowest BCUT2D eigenvalue weighted by Crippen LogP contribution is -2.38. The molecule has 1 aromatic heterocycles. The van der Waals surface area contributed by atoms with E-state index in [9.17, 15) is 9.90 Å². The summed E-state index contributed by atoms with van der Waals surface area (Å²) in [4.78, 5) is 20.6. The van der Waals surface area contributed by atoms with Gasteiger partial charge in [-0.15, -0.1) is 0 Å². The van der Waals surface area contributed by atoms with Gasteiger partial charge in [0.1, 0.15) is 5.82 Å². The van der Waals surface area contributed by atoms with Crippen LogP contribution in [0.2, 0.25) is 0 Å². The van der Waals surface area contributed by atoms with Gasteiger partial charge in [-0.1, -0.05) is 36.4 Å². The maximum absolute atomic E-state index is 12.0. The Labute approximate surface area is 166 Å². The van der Waals surface area contributed by atoms with Crippen molar-refractivity contribution in [3.8, 4) is 0 Å². The molecule has 0 spiro atoms. The van der Waals surface area contributed by atoms with E-state index in [1.54, 1.807) is 12.3 Å². The van der Waals surface area contributed by atoms with E-state index in [2.05, 4.69) is 25.9 Å². The Morgan fingerprint density at radius 1 is 1.18 bits per heavy atom. The minimum absolute atomic E-state index is 0.112. The quantitative estimate of drug-likeness (QED) is 0.394. The molecule has 0 saturated carbocycles. The maximum Gasteiger partial charge on any atom is 0.227 e. The van der Waals surface area contributed by atoms with Crippen LogP contribution >= 0.6 is 0 Å². The summed E-state index contributed by atoms with van der Waals surface area (Å²) in [5.41, 5.74) is 1.93. The van der Waals surface area contributed by atoms with Gasteiger partial charge in [0, 0.05) is 32.3 Å². The molecule has 150 valence electrons. The third-order valence-electron chi connectivity index (χ3n) is 4.02. The molecule has 1 heterocycles. The number of aryl methyl sites for hydroxylation is 1. The molecule has 2 aromatic rings. The largest absolute Gasteiger partial charge is 0.388 e. The highest BCUT2D eigenvalue weighted by molar-refractivity contribution is 5.90. The number of amides is 1. The highest BCUT2D eigenvalue weighted by Gasteiger charge is 2.07. The zero-order chi connectivity index (χ0) is 20.2. The van der Waals surface area contributed by atoms with Gasteiger partial charge in [-0.25, -0.2) is 4.98 Å². The van der Waals surface area contributed by atoms with E-state index in [1.807, 2.05) is 50.2 Å². The van der Waals surface area contributed by atoms with Gasteiger partial charge in [0.2, 0.25) is 5.91 Å². The third-order valence-corrected chi connectivity index (χ3v) is 4.02. The smallest absolute Gasteiger partial charge is 0.227 e. The number of nitrogens with one attached hydrogen (secondary N) is 3. The van der Waals surface area contributed by atoms with Crippen molar-refractivity contribution in [1.29, 1.82) is 0 Å². The summed E-state index contributed by atoms with van der Waals surface area (Å²) in [6, 6.07) is 13.2. The van der Waals surface area contributed by atoms with Gasteiger partial charge in [-0.3, -0.25) is 9.79 Å². The number of aliphatic hydroxyl groups excluding tert-OH is 1. The van der Waals surface area contributed by atoms with Crippen LogP contribution in [0.4, 0.5) is 5.82 Å². The molecule has 0 radical (unpaired) electrons. The van der Waals surface area contributed by atoms with Crippen molar-refractivity contribution in [2.45, 2.75) is 32.8 Å². The van der Waals surface area contributed by atoms with Gasteiger partial charge >= 0.3 is 0 Å². The topological polar surface area (TPSA) is 98.6 Å². The van der Waals surface area contributed by atoms with Crippen LogP contribution in [0.3, 0.4) is 0 Å². The average Bonchev–Trinajstić information content (AvgIpc) is 2.70. The summed E-state index contributed by atoms with van der Waals surface area (Å²) < 4.78 is 0. The molecule has 0 saturated heterocycles. The summed E-state index contributed by atoms with van der Waals surface area (Å²) in [5, 5.41) is 19.2. The minimum atomic E-state index is -0.541. The fourth-order valence-corrected chi connectivity index (χ4v) is 2.52. The van der Waals surface area contributed by atoms with Crippen LogP contribution in [-0.4, -0.2) is 41.6 Å². The van der Waals surface area contributed by atoms with Crippen LogP contribution in [0, 0.1) is 6.92 Å². The summed E-state index contributed by atoms with van der Waals surface area (Å²) in [6.07, 6.45) is 2.00. The number of benzene rings is 1. The monoisotopic (exact) mass is 383 g/mol. The van der Waals surface area contributed by atoms with E-state index in [1.165, 1.54) is 0 Å². The zero-order valence-corrected chi connectivity index (χ0v) is 16.5. The van der Waals surface area contributed by atoms with Crippen molar-refractivity contribution >= 4 is 17.7 Å². The van der Waals surface area contributed by atoms with E-state index in [0.717, 1.165) is 11.1 Å². The van der Waals surface area contributed by atoms with E-state index in [-0.39, 0.29) is 5.91 Å². The fraction of sp³-hybridized carbons (Fsp3) is 0.381. The minimum Gasteiger partial charge on any atom is -0.388 e. The number of carbonyl (C=O) groups is 1. The van der Waals surface area contributed by atoms with Crippen molar-refractivity contribution in [3.63, 3.8) is 0 Å². The SMILES string of the molecule is CCNC(=NCCC(O)c1ccccc1)NCCC(=O)Nc1ccc(C)cn1. The van der Waals surface area contributed by atoms with Crippen molar-refractivity contribution in [3.05, 3.63) is 59.8 Å². The number of rotatable bonds is 9. The van der Waals surface area contributed by atoms with Crippen molar-refractivity contribution < 1.29 is 9.90 Å². The predicted molar refractivity (Wildman–Crippen MR) is 112 cm³/mol. The van der Waals surface area contributed by atoms with Gasteiger partial charge in [-0.05, 0) is 37.5 Å². The summed E-state index contributed by atoms with van der Waals surface area (Å²) in [6.45, 7) is 5.57. The second kappa shape index (κ2) is 11.7. The molecule has 0 bridgehead atoms. The Balaban J connectivity index is 1.74. The standard InChI is InChI=1S/C21H29N5O2/c1-3-22-21(23-13-11-18(27)17-7-5-4-6-8-17)24-14-12-20(28)26-19-10-9-16(2)15-25-19/h4-10,15,18,27H,3,11-14H2,1-2H3,(H2,22,23,24)(H,25,26,28). The van der Waals surface area contributed by atoms with Crippen molar-refractivity contribution in [1.82, 2.24) is 15.6 Å². The molecule has 0 aliphatic rings. The molecule has 1 atom stereocenters. The zero-order valence-electron chi connectivity index (χ0n) is 16.5. The number of hydrogen-bond donors (Lipinski definition) is 4. The van der Waals surface area contributed by atoms with E-state index >= 15 is 0 Å². The van der Waals surface area contributed by atoms with Gasteiger partial charge in [0.25, 0.3) is 0 Å². The number of pyridine rings is 1. The number of carbonyl (C=O) groups excluding carboxylic acids is 1. The maximum atomic E-state index is 12.0. The van der Waals surface area contributed by atoms with Crippen LogP contribution < -0.4 is 16.0 Å². The Morgan fingerprint density at radius 2 is 1.96 bits per heavy atom. The fourth-order valence-electron chi connectivity index (χ4n) is 2.52. The van der Waals surface area contributed by atoms with Crippen molar-refractivity contribution in [2.75, 3.05) is 25.0 Å². The molecule has 0 fully saturated rings.